The molecule has 0 saturated carbocycles. The van der Waals surface area contributed by atoms with Crippen LogP contribution in [-0.2, 0) is 16.1 Å². The lowest BCUT2D eigenvalue weighted by Gasteiger charge is -2.47. The quantitative estimate of drug-likeness (QED) is 0.371. The van der Waals surface area contributed by atoms with Crippen molar-refractivity contribution >= 4 is 29.5 Å². The van der Waals surface area contributed by atoms with E-state index in [9.17, 15) is 14.9 Å². The van der Waals surface area contributed by atoms with Crippen LogP contribution in [0.1, 0.15) is 89.8 Å². The Balaban J connectivity index is 1.24. The van der Waals surface area contributed by atoms with Crippen molar-refractivity contribution in [1.82, 2.24) is 19.8 Å². The first-order valence-corrected chi connectivity index (χ1v) is 17.2. The molecule has 1 aromatic heterocycles. The second-order valence-electron chi connectivity index (χ2n) is 15.5. The van der Waals surface area contributed by atoms with Gasteiger partial charge in [0.1, 0.15) is 35.7 Å². The fourth-order valence-corrected chi connectivity index (χ4v) is 7.09. The van der Waals surface area contributed by atoms with Gasteiger partial charge in [-0.05, 0) is 110 Å². The molecule has 5 heterocycles. The Labute approximate surface area is 283 Å². The summed E-state index contributed by atoms with van der Waals surface area (Å²) >= 11 is 0. The van der Waals surface area contributed by atoms with Gasteiger partial charge in [-0.15, -0.1) is 0 Å². The van der Waals surface area contributed by atoms with E-state index in [4.69, 9.17) is 14.2 Å². The molecule has 0 aliphatic carbocycles. The van der Waals surface area contributed by atoms with Crippen LogP contribution in [0, 0.1) is 24.2 Å². The van der Waals surface area contributed by atoms with Crippen LogP contribution in [0.15, 0.2) is 18.5 Å². The summed E-state index contributed by atoms with van der Waals surface area (Å²) in [4.78, 5) is 43.8. The maximum atomic E-state index is 14.1. The van der Waals surface area contributed by atoms with Crippen LogP contribution in [0.5, 0.6) is 5.75 Å². The highest BCUT2D eigenvalue weighted by atomic mass is 16.6. The van der Waals surface area contributed by atoms with Crippen molar-refractivity contribution in [2.45, 2.75) is 104 Å². The van der Waals surface area contributed by atoms with E-state index in [2.05, 4.69) is 38.0 Å². The number of carbonyl (C=O) groups is 2. The van der Waals surface area contributed by atoms with Gasteiger partial charge in [-0.25, -0.2) is 24.5 Å². The molecule has 0 atom stereocenters. The molecule has 4 aliphatic rings. The van der Waals surface area contributed by atoms with Crippen molar-refractivity contribution in [2.24, 2.45) is 5.92 Å². The Morgan fingerprint density at radius 1 is 0.896 bits per heavy atom. The Bertz CT molecular complexity index is 1570. The molecule has 0 unspecified atom stereocenters. The third-order valence-electron chi connectivity index (χ3n) is 9.58. The highest BCUT2D eigenvalue weighted by Gasteiger charge is 2.40. The summed E-state index contributed by atoms with van der Waals surface area (Å²) in [5.74, 6) is 2.16. The van der Waals surface area contributed by atoms with Crippen LogP contribution < -0.4 is 14.5 Å². The molecule has 4 aliphatic heterocycles. The molecule has 6 rings (SSSR count). The van der Waals surface area contributed by atoms with E-state index in [1.807, 2.05) is 48.5 Å². The number of aryl methyl sites for hydroxylation is 1. The molecule has 3 saturated heterocycles. The molecule has 1 aromatic carbocycles. The molecule has 0 N–H and O–H groups in total. The predicted octanol–water partition coefficient (Wildman–Crippen LogP) is 6.29. The van der Waals surface area contributed by atoms with Crippen LogP contribution >= 0.6 is 0 Å². The number of benzene rings is 1. The summed E-state index contributed by atoms with van der Waals surface area (Å²) in [6.07, 6.45) is 4.20. The van der Waals surface area contributed by atoms with Gasteiger partial charge in [0.05, 0.1) is 17.3 Å². The van der Waals surface area contributed by atoms with Gasteiger partial charge in [0.2, 0.25) is 0 Å². The molecule has 258 valence electrons. The van der Waals surface area contributed by atoms with Gasteiger partial charge in [-0.3, -0.25) is 4.90 Å². The number of aromatic nitrogens is 2. The Morgan fingerprint density at radius 3 is 2.15 bits per heavy atom. The van der Waals surface area contributed by atoms with E-state index in [0.717, 1.165) is 61.3 Å². The van der Waals surface area contributed by atoms with Crippen molar-refractivity contribution in [1.29, 1.82) is 5.26 Å². The first-order chi connectivity index (χ1) is 22.7. The lowest BCUT2D eigenvalue weighted by Crippen LogP contribution is -2.62. The summed E-state index contributed by atoms with van der Waals surface area (Å²) < 4.78 is 18.0. The van der Waals surface area contributed by atoms with E-state index in [1.165, 1.54) is 6.33 Å². The molecular formula is C36H49N7O5. The number of anilines is 3. The van der Waals surface area contributed by atoms with Crippen molar-refractivity contribution in [3.05, 3.63) is 35.2 Å². The zero-order chi connectivity index (χ0) is 34.4. The lowest BCUT2D eigenvalue weighted by molar-refractivity contribution is -0.0196. The van der Waals surface area contributed by atoms with Crippen molar-refractivity contribution in [3.8, 4) is 11.8 Å². The summed E-state index contributed by atoms with van der Waals surface area (Å²) in [5, 5.41) is 9.43. The smallest absolute Gasteiger partial charge is 0.420 e. The van der Waals surface area contributed by atoms with Gasteiger partial charge in [-0.2, -0.15) is 5.26 Å². The van der Waals surface area contributed by atoms with E-state index >= 15 is 0 Å². The first kappa shape index (κ1) is 33.8. The van der Waals surface area contributed by atoms with Crippen LogP contribution in [-0.4, -0.2) is 88.5 Å². The number of rotatable bonds is 3. The SMILES string of the molecule is Cc1cc(C2CCN(C3CN(C(=O)OC(C)(C)C)C3)CC2)cc2c1OCc1c(N3CCC(C#N)CC3)ncnc1N2C(=O)OC(C)(C)C. The van der Waals surface area contributed by atoms with E-state index in [1.54, 1.807) is 9.80 Å². The summed E-state index contributed by atoms with van der Waals surface area (Å²) in [5.41, 5.74) is 2.24. The van der Waals surface area contributed by atoms with Crippen LogP contribution in [0.4, 0.5) is 26.9 Å². The van der Waals surface area contributed by atoms with Crippen LogP contribution in [0.2, 0.25) is 0 Å². The lowest BCUT2D eigenvalue weighted by atomic mass is 9.87. The Hall–Kier alpha value is -4.11. The largest absolute Gasteiger partial charge is 0.486 e. The number of carbonyl (C=O) groups excluding carboxylic acids is 2. The molecule has 12 heteroatoms. The zero-order valence-corrected chi connectivity index (χ0v) is 29.4. The average molecular weight is 660 g/mol. The zero-order valence-electron chi connectivity index (χ0n) is 29.4. The molecule has 0 bridgehead atoms. The highest BCUT2D eigenvalue weighted by molar-refractivity contribution is 5.99. The van der Waals surface area contributed by atoms with Crippen molar-refractivity contribution < 1.29 is 23.8 Å². The minimum absolute atomic E-state index is 0.0361. The van der Waals surface area contributed by atoms with Gasteiger partial charge in [-0.1, -0.05) is 6.07 Å². The minimum atomic E-state index is -0.723. The molecule has 3 fully saturated rings. The van der Waals surface area contributed by atoms with Crippen LogP contribution in [0.25, 0.3) is 0 Å². The second-order valence-corrected chi connectivity index (χ2v) is 15.5. The standard InChI is InChI=1S/C36H49N7O5/c1-23-16-26(25-10-14-40(15-11-25)27-19-42(20-27)33(44)47-35(2,3)4)17-29-30(23)46-21-28-31(41-12-8-24(18-37)9-13-41)38-22-39-32(28)43(29)34(45)48-36(5,6)7/h16-17,22,24-25,27H,8-15,19-21H2,1-7H3. The maximum Gasteiger partial charge on any atom is 0.420 e. The molecule has 0 radical (unpaired) electrons. The predicted molar refractivity (Wildman–Crippen MR) is 182 cm³/mol. The molecule has 2 aromatic rings. The van der Waals surface area contributed by atoms with Gasteiger partial charge < -0.3 is 24.0 Å². The third-order valence-corrected chi connectivity index (χ3v) is 9.58. The van der Waals surface area contributed by atoms with Gasteiger partial charge in [0, 0.05) is 38.1 Å². The highest BCUT2D eigenvalue weighted by Crippen LogP contribution is 2.46. The summed E-state index contributed by atoms with van der Waals surface area (Å²) in [6, 6.07) is 7.01. The maximum absolute atomic E-state index is 14.1. The minimum Gasteiger partial charge on any atom is -0.486 e. The number of piperidine rings is 2. The normalized spacial score (nSPS) is 19.8. The molecule has 12 nitrogen and oxygen atoms in total. The molecule has 48 heavy (non-hydrogen) atoms. The van der Waals surface area contributed by atoms with Crippen molar-refractivity contribution in [3.63, 3.8) is 0 Å². The third kappa shape index (κ3) is 7.16. The first-order valence-electron chi connectivity index (χ1n) is 17.2. The molecule has 0 spiro atoms. The van der Waals surface area contributed by atoms with E-state index in [-0.39, 0.29) is 18.6 Å². The fourth-order valence-electron chi connectivity index (χ4n) is 7.09. The monoisotopic (exact) mass is 659 g/mol. The van der Waals surface area contributed by atoms with E-state index < -0.39 is 17.3 Å². The van der Waals surface area contributed by atoms with Crippen LogP contribution in [0.3, 0.4) is 0 Å². The number of ether oxygens (including phenoxy) is 3. The number of amides is 2. The Kier molecular flexibility index (Phi) is 9.20. The number of fused-ring (bicyclic) bond motifs is 2. The van der Waals surface area contributed by atoms with Gasteiger partial charge >= 0.3 is 12.2 Å². The number of hydrogen-bond donors (Lipinski definition) is 0. The number of hydrogen-bond acceptors (Lipinski definition) is 10. The summed E-state index contributed by atoms with van der Waals surface area (Å²) in [7, 11) is 0. The number of likely N-dealkylation sites (tertiary alicyclic amines) is 2. The topological polar surface area (TPSA) is 124 Å². The second kappa shape index (κ2) is 13.1. The van der Waals surface area contributed by atoms with Gasteiger partial charge in [0.15, 0.2) is 5.82 Å². The van der Waals surface area contributed by atoms with Gasteiger partial charge in [0.25, 0.3) is 0 Å². The van der Waals surface area contributed by atoms with E-state index in [0.29, 0.717) is 55.4 Å². The summed E-state index contributed by atoms with van der Waals surface area (Å²) in [6.45, 7) is 18.1. The average Bonchev–Trinajstić information content (AvgIpc) is 3.16. The molecule has 2 amide bonds. The fraction of sp³-hybridized carbons (Fsp3) is 0.639. The molecular weight excluding hydrogens is 610 g/mol. The number of nitriles is 1. The number of nitrogens with zero attached hydrogens (tertiary/aromatic N) is 7. The Morgan fingerprint density at radius 2 is 1.52 bits per heavy atom. The van der Waals surface area contributed by atoms with Crippen molar-refractivity contribution in [2.75, 3.05) is 49.1 Å².